The number of nitrogens with zero attached hydrogens (tertiary/aromatic N) is 2. The topological polar surface area (TPSA) is 91.2 Å². The fourth-order valence-electron chi connectivity index (χ4n) is 4.71. The number of nitrogens with one attached hydrogen (secondary N) is 1. The van der Waals surface area contributed by atoms with Gasteiger partial charge in [0.2, 0.25) is 0 Å². The highest BCUT2D eigenvalue weighted by Crippen LogP contribution is 2.33. The van der Waals surface area contributed by atoms with Crippen LogP contribution in [0.15, 0.2) is 93.9 Å². The summed E-state index contributed by atoms with van der Waals surface area (Å²) in [5.41, 5.74) is 2.74. The number of carbonyl (C=O) groups is 1. The summed E-state index contributed by atoms with van der Waals surface area (Å²) < 4.78 is 18.8. The first-order chi connectivity index (χ1) is 19.4. The van der Waals surface area contributed by atoms with Gasteiger partial charge in [-0.2, -0.15) is 0 Å². The highest BCUT2D eigenvalue weighted by Gasteiger charge is 2.32. The number of thiazole rings is 1. The number of methoxy groups -OCH3 is 2. The number of hydrogen-bond acceptors (Lipinski definition) is 7. The summed E-state index contributed by atoms with van der Waals surface area (Å²) in [6, 6.07) is 21.4. The van der Waals surface area contributed by atoms with Crippen molar-refractivity contribution >= 4 is 29.0 Å². The van der Waals surface area contributed by atoms with Crippen LogP contribution < -0.4 is 34.4 Å². The third-order valence-electron chi connectivity index (χ3n) is 6.51. The molecule has 40 heavy (non-hydrogen) atoms. The standard InChI is InChI=1S/C31H29N3O5S/c1-5-39-28-21(12-10-16-24(28)38-4)18-25-30(36)34-27(20-11-9-15-23(17-20)37-3)26(19(2)32-31(34)40-25)29(35)33-22-13-7-6-8-14-22/h6-18,27H,5H2,1-4H3,(H,33,35)/b25-18-/t27-/m1/s1. The summed E-state index contributed by atoms with van der Waals surface area (Å²) in [5, 5.41) is 2.96. The van der Waals surface area contributed by atoms with Crippen LogP contribution in [0.3, 0.4) is 0 Å². The second kappa shape index (κ2) is 11.6. The molecular weight excluding hydrogens is 526 g/mol. The average Bonchev–Trinajstić information content (AvgIpc) is 3.27. The van der Waals surface area contributed by atoms with Crippen LogP contribution in [0.2, 0.25) is 0 Å². The van der Waals surface area contributed by atoms with Crippen molar-refractivity contribution in [3.8, 4) is 17.2 Å². The molecule has 0 aliphatic carbocycles. The Balaban J connectivity index is 1.70. The first-order valence-electron chi connectivity index (χ1n) is 12.8. The molecule has 0 unspecified atom stereocenters. The number of para-hydroxylation sites is 2. The summed E-state index contributed by atoms with van der Waals surface area (Å²) in [4.78, 5) is 33.0. The summed E-state index contributed by atoms with van der Waals surface area (Å²) in [5.74, 6) is 1.42. The highest BCUT2D eigenvalue weighted by atomic mass is 32.1. The van der Waals surface area contributed by atoms with E-state index in [0.29, 0.717) is 55.7 Å². The minimum atomic E-state index is -0.714. The van der Waals surface area contributed by atoms with E-state index in [-0.39, 0.29) is 11.5 Å². The number of fused-ring (bicyclic) bond motifs is 1. The predicted octanol–water partition coefficient (Wildman–Crippen LogP) is 4.29. The molecule has 5 rings (SSSR count). The molecule has 3 aromatic carbocycles. The smallest absolute Gasteiger partial charge is 0.271 e. The fraction of sp³-hybridized carbons (Fsp3) is 0.194. The Morgan fingerprint density at radius 2 is 1.82 bits per heavy atom. The Morgan fingerprint density at radius 3 is 2.55 bits per heavy atom. The lowest BCUT2D eigenvalue weighted by Crippen LogP contribution is -2.40. The van der Waals surface area contributed by atoms with Gasteiger partial charge in [0.05, 0.1) is 42.7 Å². The van der Waals surface area contributed by atoms with Crippen molar-refractivity contribution in [1.82, 2.24) is 4.57 Å². The van der Waals surface area contributed by atoms with Crippen LogP contribution in [0.4, 0.5) is 5.69 Å². The van der Waals surface area contributed by atoms with E-state index in [9.17, 15) is 9.59 Å². The number of aromatic nitrogens is 1. The zero-order valence-corrected chi connectivity index (χ0v) is 23.5. The van der Waals surface area contributed by atoms with E-state index in [1.807, 2.05) is 79.7 Å². The average molecular weight is 556 g/mol. The van der Waals surface area contributed by atoms with E-state index >= 15 is 0 Å². The summed E-state index contributed by atoms with van der Waals surface area (Å²) in [6.45, 7) is 4.12. The number of anilines is 1. The van der Waals surface area contributed by atoms with Crippen LogP contribution in [0.25, 0.3) is 6.08 Å². The lowest BCUT2D eigenvalue weighted by molar-refractivity contribution is -0.113. The number of benzene rings is 3. The normalized spacial score (nSPS) is 14.8. The van der Waals surface area contributed by atoms with Crippen LogP contribution in [0, 0.1) is 0 Å². The second-order valence-corrected chi connectivity index (χ2v) is 10.00. The van der Waals surface area contributed by atoms with Gasteiger partial charge >= 0.3 is 0 Å². The van der Waals surface area contributed by atoms with Crippen LogP contribution in [-0.2, 0) is 4.79 Å². The van der Waals surface area contributed by atoms with Gasteiger partial charge in [0.15, 0.2) is 16.3 Å². The lowest BCUT2D eigenvalue weighted by Gasteiger charge is -2.25. The van der Waals surface area contributed by atoms with Crippen LogP contribution in [-0.4, -0.2) is 31.3 Å². The van der Waals surface area contributed by atoms with E-state index in [1.165, 1.54) is 11.3 Å². The Bertz CT molecular complexity index is 1770. The van der Waals surface area contributed by atoms with Crippen molar-refractivity contribution < 1.29 is 19.0 Å². The molecule has 1 atom stereocenters. The van der Waals surface area contributed by atoms with Crippen molar-refractivity contribution in [1.29, 1.82) is 0 Å². The Labute approximate surface area is 235 Å². The molecule has 1 N–H and O–H groups in total. The van der Waals surface area contributed by atoms with Gasteiger partial charge in [-0.05, 0) is 55.8 Å². The van der Waals surface area contributed by atoms with E-state index in [2.05, 4.69) is 5.32 Å². The van der Waals surface area contributed by atoms with E-state index < -0.39 is 6.04 Å². The minimum Gasteiger partial charge on any atom is -0.497 e. The van der Waals surface area contributed by atoms with Crippen molar-refractivity contribution in [3.05, 3.63) is 115 Å². The van der Waals surface area contributed by atoms with E-state index in [0.717, 1.165) is 5.56 Å². The van der Waals surface area contributed by atoms with Gasteiger partial charge in [-0.3, -0.25) is 14.2 Å². The van der Waals surface area contributed by atoms with Crippen LogP contribution in [0.5, 0.6) is 17.2 Å². The maximum atomic E-state index is 14.0. The zero-order valence-electron chi connectivity index (χ0n) is 22.6. The van der Waals surface area contributed by atoms with Crippen molar-refractivity contribution in [2.45, 2.75) is 19.9 Å². The molecule has 9 heteroatoms. The first kappa shape index (κ1) is 27.0. The molecule has 4 aromatic rings. The van der Waals surface area contributed by atoms with Gasteiger partial charge in [0.25, 0.3) is 11.5 Å². The third-order valence-corrected chi connectivity index (χ3v) is 7.49. The second-order valence-electron chi connectivity index (χ2n) is 8.99. The van der Waals surface area contributed by atoms with Gasteiger partial charge in [-0.1, -0.05) is 53.8 Å². The number of allylic oxidation sites excluding steroid dienone is 1. The van der Waals surface area contributed by atoms with Gasteiger partial charge in [0, 0.05) is 11.3 Å². The molecule has 0 saturated carbocycles. The maximum absolute atomic E-state index is 14.0. The number of carbonyl (C=O) groups excluding carboxylic acids is 1. The summed E-state index contributed by atoms with van der Waals surface area (Å²) >= 11 is 1.26. The molecule has 0 spiro atoms. The van der Waals surface area contributed by atoms with Crippen molar-refractivity contribution in [3.63, 3.8) is 0 Å². The fourth-order valence-corrected chi connectivity index (χ4v) is 5.74. The molecule has 0 radical (unpaired) electrons. The third kappa shape index (κ3) is 5.15. The number of ether oxygens (including phenoxy) is 3. The molecule has 8 nitrogen and oxygen atoms in total. The van der Waals surface area contributed by atoms with Crippen LogP contribution >= 0.6 is 11.3 Å². The van der Waals surface area contributed by atoms with Gasteiger partial charge in [-0.25, -0.2) is 4.99 Å². The van der Waals surface area contributed by atoms with E-state index in [4.69, 9.17) is 19.2 Å². The molecule has 1 aromatic heterocycles. The van der Waals surface area contributed by atoms with Gasteiger partial charge in [-0.15, -0.1) is 0 Å². The molecule has 1 amide bonds. The molecule has 0 saturated heterocycles. The largest absolute Gasteiger partial charge is 0.497 e. The maximum Gasteiger partial charge on any atom is 0.271 e. The number of hydrogen-bond donors (Lipinski definition) is 1. The summed E-state index contributed by atoms with van der Waals surface area (Å²) in [6.07, 6.45) is 1.78. The highest BCUT2D eigenvalue weighted by molar-refractivity contribution is 7.07. The van der Waals surface area contributed by atoms with Crippen LogP contribution in [0.1, 0.15) is 31.0 Å². The first-order valence-corrected chi connectivity index (χ1v) is 13.6. The Hall–Kier alpha value is -4.63. The van der Waals surface area contributed by atoms with Gasteiger partial charge < -0.3 is 19.5 Å². The molecule has 204 valence electrons. The molecule has 0 fully saturated rings. The Morgan fingerprint density at radius 1 is 1.05 bits per heavy atom. The number of rotatable bonds is 8. The lowest BCUT2D eigenvalue weighted by atomic mass is 9.95. The molecular formula is C31H29N3O5S. The summed E-state index contributed by atoms with van der Waals surface area (Å²) in [7, 11) is 3.16. The quantitative estimate of drug-likeness (QED) is 0.350. The van der Waals surface area contributed by atoms with Crippen molar-refractivity contribution in [2.24, 2.45) is 4.99 Å². The van der Waals surface area contributed by atoms with Crippen molar-refractivity contribution in [2.75, 3.05) is 26.1 Å². The molecule has 1 aliphatic rings. The Kier molecular flexibility index (Phi) is 7.84. The van der Waals surface area contributed by atoms with Gasteiger partial charge in [0.1, 0.15) is 5.75 Å². The molecule has 0 bridgehead atoms. The number of amides is 1. The molecule has 1 aliphatic heterocycles. The SMILES string of the molecule is CCOc1c(/C=c2\sc3n(c2=O)[C@H](c2cccc(OC)c2)C(C(=O)Nc2ccccc2)=C(C)N=3)cccc1OC. The molecule has 2 heterocycles. The monoisotopic (exact) mass is 555 g/mol. The zero-order chi connectivity index (χ0) is 28.2. The van der Waals surface area contributed by atoms with E-state index in [1.54, 1.807) is 31.8 Å². The minimum absolute atomic E-state index is 0.264. The predicted molar refractivity (Wildman–Crippen MR) is 156 cm³/mol.